The fourth-order valence-corrected chi connectivity index (χ4v) is 3.36. The molecule has 140 valence electrons. The first-order valence-corrected chi connectivity index (χ1v) is 9.17. The van der Waals surface area contributed by atoms with E-state index in [1.807, 2.05) is 38.1 Å². The van der Waals surface area contributed by atoms with Gasteiger partial charge in [-0.15, -0.1) is 0 Å². The van der Waals surface area contributed by atoms with Crippen molar-refractivity contribution in [3.63, 3.8) is 0 Å². The van der Waals surface area contributed by atoms with Gasteiger partial charge >= 0.3 is 0 Å². The van der Waals surface area contributed by atoms with Gasteiger partial charge in [-0.1, -0.05) is 29.3 Å². The topological polar surface area (TPSA) is 50.8 Å². The number of rotatable bonds is 5. The Labute approximate surface area is 168 Å². The van der Waals surface area contributed by atoms with Crippen LogP contribution >= 0.6 is 23.8 Å². The van der Waals surface area contributed by atoms with Crippen LogP contribution in [-0.2, 0) is 4.79 Å². The summed E-state index contributed by atoms with van der Waals surface area (Å²) in [6.45, 7) is 4.33. The summed E-state index contributed by atoms with van der Waals surface area (Å²) in [5, 5.41) is 3.70. The molecule has 0 aromatic heterocycles. The largest absolute Gasteiger partial charge is 0.491 e. The smallest absolute Gasteiger partial charge is 0.281 e. The van der Waals surface area contributed by atoms with Crippen molar-refractivity contribution in [1.82, 2.24) is 5.32 Å². The number of methoxy groups -OCH3 is 1. The van der Waals surface area contributed by atoms with E-state index in [1.165, 1.54) is 12.0 Å². The van der Waals surface area contributed by atoms with Crippen molar-refractivity contribution in [1.29, 1.82) is 0 Å². The van der Waals surface area contributed by atoms with Gasteiger partial charge in [-0.2, -0.15) is 0 Å². The number of thiocarbonyl (C=S) groups is 1. The van der Waals surface area contributed by atoms with Crippen LogP contribution in [-0.4, -0.2) is 24.7 Å². The molecule has 0 aliphatic carbocycles. The number of nitrogens with one attached hydrogen (secondary N) is 1. The Balaban J connectivity index is 1.95. The molecule has 7 heteroatoms. The van der Waals surface area contributed by atoms with E-state index in [1.54, 1.807) is 18.2 Å². The van der Waals surface area contributed by atoms with Gasteiger partial charge in [0.2, 0.25) is 0 Å². The van der Waals surface area contributed by atoms with Crippen LogP contribution in [0.15, 0.2) is 42.1 Å². The Morgan fingerprint density at radius 1 is 1.26 bits per heavy atom. The summed E-state index contributed by atoms with van der Waals surface area (Å²) >= 11 is 11.6. The lowest BCUT2D eigenvalue weighted by atomic mass is 10.1. The maximum Gasteiger partial charge on any atom is 0.281 e. The third-order valence-electron chi connectivity index (χ3n) is 4.02. The van der Waals surface area contributed by atoms with Crippen LogP contribution in [0.2, 0.25) is 5.02 Å². The van der Waals surface area contributed by atoms with Crippen LogP contribution < -0.4 is 19.7 Å². The van der Waals surface area contributed by atoms with Gasteiger partial charge in [-0.25, -0.2) is 0 Å². The first-order chi connectivity index (χ1) is 12.9. The van der Waals surface area contributed by atoms with Crippen LogP contribution in [0.1, 0.15) is 18.1 Å². The lowest BCUT2D eigenvalue weighted by molar-refractivity contribution is -0.113. The van der Waals surface area contributed by atoms with Gasteiger partial charge in [0.15, 0.2) is 16.6 Å². The van der Waals surface area contributed by atoms with E-state index in [0.717, 1.165) is 5.56 Å². The SMILES string of the molecule is CCOc1cc(/C=C2\NC(=S)N(c3ccc(C)cc3)C2=O)cc(Cl)c1OC. The standard InChI is InChI=1S/C20H19ClN2O3S/c1-4-26-17-11-13(9-15(21)18(17)25-3)10-16-19(24)23(20(27)22-16)14-7-5-12(2)6-8-14/h5-11H,4H2,1-3H3,(H,22,27)/b16-10-. The third kappa shape index (κ3) is 3.91. The van der Waals surface area contributed by atoms with Gasteiger partial charge in [-0.3, -0.25) is 9.69 Å². The predicted octanol–water partition coefficient (Wildman–Crippen LogP) is 4.32. The molecule has 1 aliphatic heterocycles. The van der Waals surface area contributed by atoms with E-state index in [-0.39, 0.29) is 5.91 Å². The molecular weight excluding hydrogens is 384 g/mol. The molecule has 0 spiro atoms. The summed E-state index contributed by atoms with van der Waals surface area (Å²) in [6, 6.07) is 11.1. The second-order valence-corrected chi connectivity index (χ2v) is 6.73. The van der Waals surface area contributed by atoms with Crippen molar-refractivity contribution in [2.24, 2.45) is 0 Å². The Morgan fingerprint density at radius 2 is 1.96 bits per heavy atom. The van der Waals surface area contributed by atoms with E-state index in [9.17, 15) is 4.79 Å². The summed E-state index contributed by atoms with van der Waals surface area (Å²) in [7, 11) is 1.53. The van der Waals surface area contributed by atoms with E-state index in [0.29, 0.717) is 45.2 Å². The lowest BCUT2D eigenvalue weighted by Gasteiger charge is -2.14. The minimum absolute atomic E-state index is 0.228. The fraction of sp³-hybridized carbons (Fsp3) is 0.200. The van der Waals surface area contributed by atoms with Crippen LogP contribution in [0.25, 0.3) is 6.08 Å². The van der Waals surface area contributed by atoms with Gasteiger partial charge in [0, 0.05) is 0 Å². The maximum atomic E-state index is 12.8. The van der Waals surface area contributed by atoms with Crippen LogP contribution in [0, 0.1) is 6.92 Å². The van der Waals surface area contributed by atoms with Crippen molar-refractivity contribution in [3.05, 3.63) is 58.2 Å². The van der Waals surface area contributed by atoms with Gasteiger partial charge in [0.25, 0.3) is 5.91 Å². The molecule has 0 radical (unpaired) electrons. The lowest BCUT2D eigenvalue weighted by Crippen LogP contribution is -2.30. The van der Waals surface area contributed by atoms with Crippen molar-refractivity contribution >= 4 is 46.6 Å². The van der Waals surface area contributed by atoms with Crippen molar-refractivity contribution in [3.8, 4) is 11.5 Å². The molecule has 1 heterocycles. The number of benzene rings is 2. The van der Waals surface area contributed by atoms with Crippen LogP contribution in [0.5, 0.6) is 11.5 Å². The zero-order valence-electron chi connectivity index (χ0n) is 15.2. The number of halogens is 1. The van der Waals surface area contributed by atoms with E-state index in [2.05, 4.69) is 5.32 Å². The number of carbonyl (C=O) groups is 1. The first kappa shape index (κ1) is 19.2. The summed E-state index contributed by atoms with van der Waals surface area (Å²) in [5.74, 6) is 0.750. The molecule has 1 amide bonds. The van der Waals surface area contributed by atoms with Gasteiger partial charge < -0.3 is 14.8 Å². The molecule has 1 N–H and O–H groups in total. The Morgan fingerprint density at radius 3 is 2.59 bits per heavy atom. The molecule has 1 saturated heterocycles. The molecule has 0 unspecified atom stereocenters. The highest BCUT2D eigenvalue weighted by Gasteiger charge is 2.32. The van der Waals surface area contributed by atoms with Crippen molar-refractivity contribution in [2.75, 3.05) is 18.6 Å². The first-order valence-electron chi connectivity index (χ1n) is 8.38. The third-order valence-corrected chi connectivity index (χ3v) is 4.58. The summed E-state index contributed by atoms with van der Waals surface area (Å²) in [5.41, 5.74) is 2.89. The molecule has 0 saturated carbocycles. The summed E-state index contributed by atoms with van der Waals surface area (Å²) in [6.07, 6.45) is 1.69. The quantitative estimate of drug-likeness (QED) is 0.596. The molecular formula is C20H19ClN2O3S. The predicted molar refractivity (Wildman–Crippen MR) is 112 cm³/mol. The summed E-state index contributed by atoms with van der Waals surface area (Å²) < 4.78 is 10.9. The van der Waals surface area contributed by atoms with Gasteiger partial charge in [0.05, 0.1) is 24.4 Å². The number of ether oxygens (including phenoxy) is 2. The number of carbonyl (C=O) groups excluding carboxylic acids is 1. The average molecular weight is 403 g/mol. The zero-order valence-corrected chi connectivity index (χ0v) is 16.8. The van der Waals surface area contributed by atoms with Crippen molar-refractivity contribution < 1.29 is 14.3 Å². The van der Waals surface area contributed by atoms with Gasteiger partial charge in [-0.05, 0) is 62.0 Å². The highest BCUT2D eigenvalue weighted by Crippen LogP contribution is 2.37. The average Bonchev–Trinajstić information content (AvgIpc) is 2.90. The van der Waals surface area contributed by atoms with Gasteiger partial charge in [0.1, 0.15) is 5.70 Å². The van der Waals surface area contributed by atoms with E-state index < -0.39 is 0 Å². The highest BCUT2D eigenvalue weighted by molar-refractivity contribution is 7.80. The van der Waals surface area contributed by atoms with Crippen LogP contribution in [0.4, 0.5) is 5.69 Å². The van der Waals surface area contributed by atoms with Crippen LogP contribution in [0.3, 0.4) is 0 Å². The second kappa shape index (κ2) is 7.98. The maximum absolute atomic E-state index is 12.8. The highest BCUT2D eigenvalue weighted by atomic mass is 35.5. The molecule has 0 atom stereocenters. The molecule has 27 heavy (non-hydrogen) atoms. The number of amides is 1. The normalized spacial score (nSPS) is 15.3. The molecule has 5 nitrogen and oxygen atoms in total. The number of hydrogen-bond acceptors (Lipinski definition) is 4. The monoisotopic (exact) mass is 402 g/mol. The van der Waals surface area contributed by atoms with E-state index >= 15 is 0 Å². The number of anilines is 1. The Kier molecular flexibility index (Phi) is 5.68. The zero-order chi connectivity index (χ0) is 19.6. The summed E-state index contributed by atoms with van der Waals surface area (Å²) in [4.78, 5) is 14.3. The number of hydrogen-bond donors (Lipinski definition) is 1. The van der Waals surface area contributed by atoms with Crippen molar-refractivity contribution in [2.45, 2.75) is 13.8 Å². The fourth-order valence-electron chi connectivity index (χ4n) is 2.76. The molecule has 0 bridgehead atoms. The van der Waals surface area contributed by atoms with E-state index in [4.69, 9.17) is 33.3 Å². The number of nitrogens with zero attached hydrogens (tertiary/aromatic N) is 1. The molecule has 2 aromatic carbocycles. The molecule has 2 aromatic rings. The molecule has 3 rings (SSSR count). The number of aryl methyl sites for hydroxylation is 1. The Hall–Kier alpha value is -2.57. The second-order valence-electron chi connectivity index (χ2n) is 5.93. The minimum Gasteiger partial charge on any atom is -0.491 e. The Bertz CT molecular complexity index is 926. The minimum atomic E-state index is -0.228. The molecule has 1 aliphatic rings. The molecule has 1 fully saturated rings.